The molecular weight excluding hydrogens is 402 g/mol. The third kappa shape index (κ3) is 4.06. The number of aromatic nitrogens is 2. The van der Waals surface area contributed by atoms with Gasteiger partial charge in [0.2, 0.25) is 11.9 Å². The van der Waals surface area contributed by atoms with Gasteiger partial charge in [0.25, 0.3) is 0 Å². The molecule has 5 rings (SSSR count). The molecule has 3 aliphatic heterocycles. The summed E-state index contributed by atoms with van der Waals surface area (Å²) in [7, 11) is 0. The number of nitrogens with zero attached hydrogens (tertiary/aromatic N) is 5. The van der Waals surface area contributed by atoms with Crippen molar-refractivity contribution in [3.63, 3.8) is 0 Å². The van der Waals surface area contributed by atoms with Gasteiger partial charge in [0, 0.05) is 64.2 Å². The molecule has 0 bridgehead atoms. The monoisotopic (exact) mass is 435 g/mol. The highest BCUT2D eigenvalue weighted by molar-refractivity contribution is 5.88. The van der Waals surface area contributed by atoms with Gasteiger partial charge < -0.3 is 19.4 Å². The van der Waals surface area contributed by atoms with Crippen LogP contribution in [-0.4, -0.2) is 73.3 Å². The van der Waals surface area contributed by atoms with Crippen LogP contribution in [0.4, 0.5) is 11.8 Å². The Labute approximate surface area is 190 Å². The number of hydrogen-bond donors (Lipinski definition) is 0. The largest absolute Gasteiger partial charge is 0.381 e. The number of anilines is 2. The first kappa shape index (κ1) is 21.2. The second kappa shape index (κ2) is 9.06. The van der Waals surface area contributed by atoms with Gasteiger partial charge in [-0.15, -0.1) is 0 Å². The van der Waals surface area contributed by atoms with Crippen LogP contribution in [-0.2, 0) is 14.9 Å². The van der Waals surface area contributed by atoms with Crippen LogP contribution in [0.3, 0.4) is 0 Å². The van der Waals surface area contributed by atoms with Gasteiger partial charge in [0.1, 0.15) is 5.82 Å². The maximum absolute atomic E-state index is 13.8. The Bertz CT molecular complexity index is 931. The molecule has 4 heterocycles. The number of carbonyl (C=O) groups is 1. The van der Waals surface area contributed by atoms with E-state index in [4.69, 9.17) is 14.7 Å². The molecule has 0 radical (unpaired) electrons. The van der Waals surface area contributed by atoms with E-state index in [1.165, 1.54) is 12.8 Å². The highest BCUT2D eigenvalue weighted by Crippen LogP contribution is 2.37. The summed E-state index contributed by atoms with van der Waals surface area (Å²) in [4.78, 5) is 30.0. The van der Waals surface area contributed by atoms with Gasteiger partial charge in [-0.3, -0.25) is 4.79 Å². The number of benzene rings is 1. The van der Waals surface area contributed by atoms with Crippen molar-refractivity contribution in [3.05, 3.63) is 47.7 Å². The number of aryl methyl sites for hydroxylation is 1. The number of amides is 1. The fraction of sp³-hybridized carbons (Fsp3) is 0.560. The normalized spacial score (nSPS) is 21.1. The highest BCUT2D eigenvalue weighted by Gasteiger charge is 2.44. The molecule has 0 N–H and O–H groups in total. The maximum Gasteiger partial charge on any atom is 0.233 e. The topological polar surface area (TPSA) is 61.8 Å². The summed E-state index contributed by atoms with van der Waals surface area (Å²) in [5.74, 6) is 2.08. The molecule has 7 heteroatoms. The Morgan fingerprint density at radius 1 is 0.906 bits per heavy atom. The molecule has 0 unspecified atom stereocenters. The number of hydrogen-bond acceptors (Lipinski definition) is 6. The Morgan fingerprint density at radius 3 is 2.28 bits per heavy atom. The van der Waals surface area contributed by atoms with E-state index in [1.807, 2.05) is 30.0 Å². The molecule has 7 nitrogen and oxygen atoms in total. The highest BCUT2D eigenvalue weighted by atomic mass is 16.5. The zero-order valence-electron chi connectivity index (χ0n) is 19.0. The third-order valence-electron chi connectivity index (χ3n) is 7.19. The van der Waals surface area contributed by atoms with Gasteiger partial charge in [-0.2, -0.15) is 4.98 Å². The van der Waals surface area contributed by atoms with E-state index < -0.39 is 5.41 Å². The minimum Gasteiger partial charge on any atom is -0.381 e. The van der Waals surface area contributed by atoms with Crippen LogP contribution in [0.25, 0.3) is 0 Å². The Balaban J connectivity index is 1.30. The molecule has 0 spiro atoms. The summed E-state index contributed by atoms with van der Waals surface area (Å²) in [6, 6.07) is 12.4. The molecule has 0 atom stereocenters. The molecule has 0 aliphatic carbocycles. The van der Waals surface area contributed by atoms with Gasteiger partial charge in [-0.1, -0.05) is 30.3 Å². The maximum atomic E-state index is 13.8. The lowest BCUT2D eigenvalue weighted by Gasteiger charge is -2.43. The van der Waals surface area contributed by atoms with E-state index in [0.717, 1.165) is 62.0 Å². The summed E-state index contributed by atoms with van der Waals surface area (Å²) in [6.07, 6.45) is 3.95. The van der Waals surface area contributed by atoms with Crippen molar-refractivity contribution < 1.29 is 9.53 Å². The molecule has 3 aliphatic rings. The number of ether oxygens (including phenoxy) is 1. The van der Waals surface area contributed by atoms with Crippen molar-refractivity contribution in [2.75, 3.05) is 62.3 Å². The average Bonchev–Trinajstić information content (AvgIpc) is 3.40. The summed E-state index contributed by atoms with van der Waals surface area (Å²) >= 11 is 0. The quantitative estimate of drug-likeness (QED) is 0.736. The van der Waals surface area contributed by atoms with Crippen molar-refractivity contribution in [2.45, 2.75) is 38.0 Å². The standard InChI is InChI=1S/C25H33N5O2/c1-20-19-22(28-11-5-6-12-28)27-24(26-20)30-15-13-29(14-16-30)23(31)25(9-17-32-18-10-25)21-7-3-2-4-8-21/h2-4,7-8,19H,5-6,9-18H2,1H3. The average molecular weight is 436 g/mol. The zero-order chi connectivity index (χ0) is 22.0. The summed E-state index contributed by atoms with van der Waals surface area (Å²) < 4.78 is 5.62. The predicted octanol–water partition coefficient (Wildman–Crippen LogP) is 2.78. The van der Waals surface area contributed by atoms with Crippen LogP contribution in [0.1, 0.15) is 36.9 Å². The van der Waals surface area contributed by atoms with Crippen molar-refractivity contribution in [1.29, 1.82) is 0 Å². The van der Waals surface area contributed by atoms with Crippen molar-refractivity contribution in [1.82, 2.24) is 14.9 Å². The van der Waals surface area contributed by atoms with Gasteiger partial charge >= 0.3 is 0 Å². The van der Waals surface area contributed by atoms with E-state index in [2.05, 4.69) is 28.0 Å². The number of rotatable bonds is 4. The smallest absolute Gasteiger partial charge is 0.233 e. The Hall–Kier alpha value is -2.67. The van der Waals surface area contributed by atoms with Crippen LogP contribution >= 0.6 is 0 Å². The van der Waals surface area contributed by atoms with E-state index in [0.29, 0.717) is 26.3 Å². The number of carbonyl (C=O) groups excluding carboxylic acids is 1. The Kier molecular flexibility index (Phi) is 6.00. The van der Waals surface area contributed by atoms with E-state index in [1.54, 1.807) is 0 Å². The van der Waals surface area contributed by atoms with Crippen LogP contribution < -0.4 is 9.80 Å². The lowest BCUT2D eigenvalue weighted by molar-refractivity contribution is -0.141. The molecule has 1 amide bonds. The lowest BCUT2D eigenvalue weighted by Crippen LogP contribution is -2.56. The van der Waals surface area contributed by atoms with Crippen molar-refractivity contribution in [3.8, 4) is 0 Å². The zero-order valence-corrected chi connectivity index (χ0v) is 19.0. The first-order valence-electron chi connectivity index (χ1n) is 11.9. The second-order valence-corrected chi connectivity index (χ2v) is 9.20. The van der Waals surface area contributed by atoms with Gasteiger partial charge in [-0.25, -0.2) is 4.98 Å². The molecule has 0 saturated carbocycles. The molecule has 1 aromatic heterocycles. The van der Waals surface area contributed by atoms with Gasteiger partial charge in [-0.05, 0) is 38.2 Å². The van der Waals surface area contributed by atoms with Crippen LogP contribution in [0, 0.1) is 6.92 Å². The first-order chi connectivity index (χ1) is 15.7. The molecule has 170 valence electrons. The van der Waals surface area contributed by atoms with Crippen molar-refractivity contribution >= 4 is 17.7 Å². The number of piperazine rings is 1. The summed E-state index contributed by atoms with van der Waals surface area (Å²) in [5, 5.41) is 0. The van der Waals surface area contributed by atoms with Crippen LogP contribution in [0.15, 0.2) is 36.4 Å². The molecule has 1 aromatic carbocycles. The van der Waals surface area contributed by atoms with Crippen molar-refractivity contribution in [2.24, 2.45) is 0 Å². The Morgan fingerprint density at radius 2 is 1.59 bits per heavy atom. The lowest BCUT2D eigenvalue weighted by atomic mass is 9.73. The SMILES string of the molecule is Cc1cc(N2CCCC2)nc(N2CCN(C(=O)C3(c4ccccc4)CCOCC3)CC2)n1. The molecular formula is C25H33N5O2. The summed E-state index contributed by atoms with van der Waals surface area (Å²) in [6.45, 7) is 8.38. The first-order valence-corrected chi connectivity index (χ1v) is 11.9. The molecule has 32 heavy (non-hydrogen) atoms. The molecule has 3 fully saturated rings. The fourth-order valence-corrected chi connectivity index (χ4v) is 5.30. The minimum absolute atomic E-state index is 0.245. The third-order valence-corrected chi connectivity index (χ3v) is 7.19. The molecule has 2 aromatic rings. The summed E-state index contributed by atoms with van der Waals surface area (Å²) in [5.41, 5.74) is 1.65. The predicted molar refractivity (Wildman–Crippen MR) is 125 cm³/mol. The van der Waals surface area contributed by atoms with E-state index in [9.17, 15) is 4.79 Å². The van der Waals surface area contributed by atoms with Crippen LogP contribution in [0.2, 0.25) is 0 Å². The van der Waals surface area contributed by atoms with E-state index in [-0.39, 0.29) is 5.91 Å². The minimum atomic E-state index is -0.468. The van der Waals surface area contributed by atoms with E-state index >= 15 is 0 Å². The van der Waals surface area contributed by atoms with Gasteiger partial charge in [0.15, 0.2) is 0 Å². The molecule has 3 saturated heterocycles. The fourth-order valence-electron chi connectivity index (χ4n) is 5.30. The second-order valence-electron chi connectivity index (χ2n) is 9.20. The van der Waals surface area contributed by atoms with Gasteiger partial charge in [0.05, 0.1) is 5.41 Å². The van der Waals surface area contributed by atoms with Crippen LogP contribution in [0.5, 0.6) is 0 Å².